The van der Waals surface area contributed by atoms with Gasteiger partial charge < -0.3 is 4.74 Å². The molecule has 3 rings (SSSR count). The predicted octanol–water partition coefficient (Wildman–Crippen LogP) is 2.85. The highest BCUT2D eigenvalue weighted by Crippen LogP contribution is 2.17. The van der Waals surface area contributed by atoms with Crippen LogP contribution in [0, 0.1) is 10.1 Å². The van der Waals surface area contributed by atoms with E-state index in [1.807, 2.05) is 6.07 Å². The Morgan fingerprint density at radius 1 is 0.906 bits per heavy atom. The number of carbonyl (C=O) groups excluding carboxylic acids is 2. The summed E-state index contributed by atoms with van der Waals surface area (Å²) < 4.78 is 31.6. The third-order valence-electron chi connectivity index (χ3n) is 4.40. The van der Waals surface area contributed by atoms with E-state index in [1.165, 1.54) is 12.1 Å². The van der Waals surface area contributed by atoms with Gasteiger partial charge in [0.2, 0.25) is 10.0 Å². The van der Waals surface area contributed by atoms with Crippen molar-refractivity contribution in [2.45, 2.75) is 11.5 Å². The first kappa shape index (κ1) is 22.8. The summed E-state index contributed by atoms with van der Waals surface area (Å²) in [4.78, 5) is 34.1. The van der Waals surface area contributed by atoms with Crippen molar-refractivity contribution in [3.8, 4) is 0 Å². The van der Waals surface area contributed by atoms with E-state index in [0.29, 0.717) is 16.7 Å². The van der Waals surface area contributed by atoms with Crippen molar-refractivity contribution in [2.75, 3.05) is 6.54 Å². The maximum absolute atomic E-state index is 12.4. The molecular weight excluding hydrogens is 436 g/mol. The van der Waals surface area contributed by atoms with Gasteiger partial charge in [-0.05, 0) is 11.6 Å². The smallest absolute Gasteiger partial charge is 0.321 e. The van der Waals surface area contributed by atoms with Crippen LogP contribution >= 0.6 is 0 Å². The minimum atomic E-state index is -4.13. The number of benzene rings is 3. The van der Waals surface area contributed by atoms with Gasteiger partial charge in [-0.1, -0.05) is 60.7 Å². The highest BCUT2D eigenvalue weighted by molar-refractivity contribution is 7.89. The van der Waals surface area contributed by atoms with E-state index in [1.54, 1.807) is 48.5 Å². The summed E-state index contributed by atoms with van der Waals surface area (Å²) in [5.41, 5.74) is 1.27. The third kappa shape index (κ3) is 5.84. The number of carbonyl (C=O) groups is 2. The molecule has 9 nitrogen and oxygen atoms in total. The van der Waals surface area contributed by atoms with Crippen molar-refractivity contribution in [3.05, 3.63) is 106 Å². The molecule has 0 heterocycles. The van der Waals surface area contributed by atoms with E-state index in [2.05, 4.69) is 4.72 Å². The first-order valence-corrected chi connectivity index (χ1v) is 10.8. The van der Waals surface area contributed by atoms with Gasteiger partial charge in [-0.3, -0.25) is 19.7 Å². The van der Waals surface area contributed by atoms with Crippen LogP contribution in [0.2, 0.25) is 0 Å². The Bertz CT molecular complexity index is 1240. The number of nitro benzene ring substituents is 1. The molecule has 0 aliphatic heterocycles. The molecule has 0 aliphatic rings. The highest BCUT2D eigenvalue weighted by Gasteiger charge is 2.19. The van der Waals surface area contributed by atoms with Crippen molar-refractivity contribution >= 4 is 27.5 Å². The van der Waals surface area contributed by atoms with E-state index < -0.39 is 27.5 Å². The molecule has 1 N–H and O–H groups in total. The average molecular weight is 454 g/mol. The van der Waals surface area contributed by atoms with Gasteiger partial charge in [0, 0.05) is 23.3 Å². The normalized spacial score (nSPS) is 11.0. The standard InChI is InChI=1S/C22H18N2O7S/c25-21(14-23-32(29,30)20-8-4-7-19(13-20)24(27)28)31-15-16-9-11-18(12-10-16)22(26)17-5-2-1-3-6-17/h1-13,23H,14-15H2. The molecular formula is C22H18N2O7S. The monoisotopic (exact) mass is 454 g/mol. The highest BCUT2D eigenvalue weighted by atomic mass is 32.2. The lowest BCUT2D eigenvalue weighted by atomic mass is 10.0. The summed E-state index contributed by atoms with van der Waals surface area (Å²) in [7, 11) is -4.13. The molecule has 0 unspecified atom stereocenters. The van der Waals surface area contributed by atoms with Crippen molar-refractivity contribution in [1.82, 2.24) is 4.72 Å². The Balaban J connectivity index is 1.53. The molecule has 0 saturated heterocycles. The summed E-state index contributed by atoms with van der Waals surface area (Å²) in [6.45, 7) is -0.757. The number of ketones is 1. The Morgan fingerprint density at radius 2 is 1.56 bits per heavy atom. The van der Waals surface area contributed by atoms with Crippen LogP contribution in [0.4, 0.5) is 5.69 Å². The van der Waals surface area contributed by atoms with E-state index in [9.17, 15) is 28.1 Å². The minimum Gasteiger partial charge on any atom is -0.460 e. The Labute approximate surface area is 183 Å². The van der Waals surface area contributed by atoms with Crippen LogP contribution < -0.4 is 4.72 Å². The predicted molar refractivity (Wildman–Crippen MR) is 114 cm³/mol. The van der Waals surface area contributed by atoms with Crippen LogP contribution in [-0.4, -0.2) is 31.6 Å². The maximum atomic E-state index is 12.4. The Hall–Kier alpha value is -3.89. The Kier molecular flexibility index (Phi) is 7.08. The van der Waals surface area contributed by atoms with E-state index >= 15 is 0 Å². The number of rotatable bonds is 9. The number of ether oxygens (including phenoxy) is 1. The van der Waals surface area contributed by atoms with Crippen LogP contribution in [0.5, 0.6) is 0 Å². The zero-order chi connectivity index (χ0) is 23.1. The molecule has 0 atom stereocenters. The van der Waals surface area contributed by atoms with Gasteiger partial charge in [0.05, 0.1) is 9.82 Å². The first-order valence-electron chi connectivity index (χ1n) is 9.35. The molecule has 164 valence electrons. The van der Waals surface area contributed by atoms with Crippen molar-refractivity contribution in [1.29, 1.82) is 0 Å². The van der Waals surface area contributed by atoms with Crippen molar-refractivity contribution < 1.29 is 27.7 Å². The minimum absolute atomic E-state index is 0.114. The number of esters is 1. The lowest BCUT2D eigenvalue weighted by molar-refractivity contribution is -0.385. The van der Waals surface area contributed by atoms with E-state index in [0.717, 1.165) is 12.1 Å². The quantitative estimate of drug-likeness (QED) is 0.227. The fraction of sp³-hybridized carbons (Fsp3) is 0.0909. The topological polar surface area (TPSA) is 133 Å². The molecule has 0 fully saturated rings. The summed E-state index contributed by atoms with van der Waals surface area (Å²) in [6, 6.07) is 19.8. The fourth-order valence-electron chi connectivity index (χ4n) is 2.72. The molecule has 10 heteroatoms. The first-order chi connectivity index (χ1) is 15.3. The van der Waals surface area contributed by atoms with Crippen LogP contribution in [0.1, 0.15) is 21.5 Å². The summed E-state index contributed by atoms with van der Waals surface area (Å²) >= 11 is 0. The molecule has 32 heavy (non-hydrogen) atoms. The van der Waals surface area contributed by atoms with Gasteiger partial charge in [-0.2, -0.15) is 4.72 Å². The van der Waals surface area contributed by atoms with Gasteiger partial charge >= 0.3 is 5.97 Å². The average Bonchev–Trinajstić information content (AvgIpc) is 2.82. The van der Waals surface area contributed by atoms with E-state index in [4.69, 9.17) is 4.74 Å². The second kappa shape index (κ2) is 9.94. The molecule has 0 aliphatic carbocycles. The molecule has 0 bridgehead atoms. The third-order valence-corrected chi connectivity index (χ3v) is 5.80. The van der Waals surface area contributed by atoms with Crippen LogP contribution in [0.3, 0.4) is 0 Å². The molecule has 0 radical (unpaired) electrons. The van der Waals surface area contributed by atoms with Crippen molar-refractivity contribution in [2.24, 2.45) is 0 Å². The SMILES string of the molecule is O=C(CNS(=O)(=O)c1cccc([N+](=O)[O-])c1)OCc1ccc(C(=O)c2ccccc2)cc1. The lowest BCUT2D eigenvalue weighted by Gasteiger charge is -2.08. The van der Waals surface area contributed by atoms with Gasteiger partial charge in [-0.25, -0.2) is 8.42 Å². The number of hydrogen-bond acceptors (Lipinski definition) is 7. The summed E-state index contributed by atoms with van der Waals surface area (Å²) in [5, 5.41) is 10.8. The van der Waals surface area contributed by atoms with Crippen LogP contribution in [-0.2, 0) is 26.2 Å². The molecule has 3 aromatic carbocycles. The zero-order valence-corrected chi connectivity index (χ0v) is 17.4. The summed E-state index contributed by atoms with van der Waals surface area (Å²) in [6.07, 6.45) is 0. The zero-order valence-electron chi connectivity index (χ0n) is 16.6. The number of nitrogens with zero attached hydrogens (tertiary/aromatic N) is 1. The van der Waals surface area contributed by atoms with Gasteiger partial charge in [0.1, 0.15) is 13.2 Å². The molecule has 0 amide bonds. The second-order valence-corrected chi connectivity index (χ2v) is 8.40. The van der Waals surface area contributed by atoms with Crippen molar-refractivity contribution in [3.63, 3.8) is 0 Å². The van der Waals surface area contributed by atoms with Gasteiger partial charge in [0.25, 0.3) is 5.69 Å². The molecule has 3 aromatic rings. The van der Waals surface area contributed by atoms with Crippen LogP contribution in [0.15, 0.2) is 83.8 Å². The number of hydrogen-bond donors (Lipinski definition) is 1. The molecule has 0 saturated carbocycles. The van der Waals surface area contributed by atoms with Gasteiger partial charge in [-0.15, -0.1) is 0 Å². The van der Waals surface area contributed by atoms with Gasteiger partial charge in [0.15, 0.2) is 5.78 Å². The number of nitrogens with one attached hydrogen (secondary N) is 1. The maximum Gasteiger partial charge on any atom is 0.321 e. The molecule has 0 spiro atoms. The lowest BCUT2D eigenvalue weighted by Crippen LogP contribution is -2.30. The molecule has 0 aromatic heterocycles. The summed E-state index contributed by atoms with van der Waals surface area (Å²) in [5.74, 6) is -0.965. The largest absolute Gasteiger partial charge is 0.460 e. The second-order valence-electron chi connectivity index (χ2n) is 6.63. The Morgan fingerprint density at radius 3 is 2.22 bits per heavy atom. The number of non-ortho nitro benzene ring substituents is 1. The fourth-order valence-corrected chi connectivity index (χ4v) is 3.73. The van der Waals surface area contributed by atoms with Crippen LogP contribution in [0.25, 0.3) is 0 Å². The number of nitro groups is 1. The number of sulfonamides is 1. The van der Waals surface area contributed by atoms with E-state index in [-0.39, 0.29) is 23.0 Å².